The van der Waals surface area contributed by atoms with Crippen LogP contribution in [0.3, 0.4) is 0 Å². The molecule has 0 aliphatic carbocycles. The van der Waals surface area contributed by atoms with E-state index in [0.29, 0.717) is 19.3 Å². The lowest BCUT2D eigenvalue weighted by Gasteiger charge is -2.21. The number of phosphoric acid groups is 2. The van der Waals surface area contributed by atoms with E-state index < -0.39 is 91.5 Å². The molecule has 0 aromatic rings. The molecule has 0 saturated carbocycles. The van der Waals surface area contributed by atoms with Crippen molar-refractivity contribution >= 4 is 33.6 Å². The lowest BCUT2D eigenvalue weighted by Crippen LogP contribution is -2.30. The Morgan fingerprint density at radius 2 is 0.469 bits per heavy atom. The van der Waals surface area contributed by atoms with Gasteiger partial charge >= 0.3 is 33.6 Å². The van der Waals surface area contributed by atoms with E-state index in [4.69, 9.17) is 32.3 Å². The second-order valence-corrected chi connectivity index (χ2v) is 32.2. The van der Waals surface area contributed by atoms with Crippen molar-refractivity contribution in [1.29, 1.82) is 0 Å². The number of rotatable bonds is 83. The average molecular weight is 1620 g/mol. The number of unbranched alkanes of at least 4 members (excludes halogenated alkanes) is 32. The van der Waals surface area contributed by atoms with E-state index in [2.05, 4.69) is 191 Å². The van der Waals surface area contributed by atoms with Crippen LogP contribution < -0.4 is 0 Å². The zero-order valence-electron chi connectivity index (χ0n) is 71.0. The summed E-state index contributed by atoms with van der Waals surface area (Å²) in [6, 6.07) is 0. The van der Waals surface area contributed by atoms with E-state index in [9.17, 15) is 43.5 Å². The van der Waals surface area contributed by atoms with Crippen LogP contribution in [0.15, 0.2) is 170 Å². The summed E-state index contributed by atoms with van der Waals surface area (Å²) in [7, 11) is -9.82. The number of allylic oxidation sites excluding steroid dienone is 28. The molecule has 18 heteroatoms. The standard InChI is InChI=1S/C95H160O16P2/c1-4-7-10-13-16-19-22-25-28-31-34-36-38-40-41-42-43-44-45-46-47-49-51-52-55-57-60-63-66-69-72-75-78-81-93(98)105-84-90(96)85-107-112(101,102)108-86-91(97)87-109-113(103,104)110-89-92(111-95(100)83-80-77-74-71-68-65-62-59-54-33-30-27-24-21-18-15-12-9-6-3)88-106-94(99)82-79-76-73-70-67-64-61-58-56-53-50-48-39-37-35-32-29-26-23-20-17-14-11-8-5-2/h7-8,10-11,16-21,25-30,34-37,40-41,48,50,54,56,58-59,90-92,96-97H,4-6,9,12-15,22-24,31-33,38-39,42-47,49,51-53,55,57,60-89H2,1-3H3,(H,101,102)(H,103,104)/b10-7-,11-8-,19-16-,20-17-,21-18-,28-25-,29-26-,30-27-,36-34-,37-35-,41-40-,50-48-,58-56-,59-54-. The van der Waals surface area contributed by atoms with Gasteiger partial charge < -0.3 is 34.2 Å². The Morgan fingerprint density at radius 1 is 0.257 bits per heavy atom. The molecule has 0 heterocycles. The maximum absolute atomic E-state index is 13.0. The quantitative estimate of drug-likeness (QED) is 0.0146. The van der Waals surface area contributed by atoms with Crippen molar-refractivity contribution < 1.29 is 75.8 Å². The van der Waals surface area contributed by atoms with Crippen molar-refractivity contribution in [2.45, 2.75) is 373 Å². The Kier molecular flexibility index (Phi) is 82.4. The summed E-state index contributed by atoms with van der Waals surface area (Å²) in [5, 5.41) is 20.7. The molecule has 0 aliphatic rings. The minimum atomic E-state index is -4.95. The van der Waals surface area contributed by atoms with E-state index in [-0.39, 0.29) is 19.3 Å². The highest BCUT2D eigenvalue weighted by Crippen LogP contribution is 2.45. The Hall–Kier alpha value is -5.09. The van der Waals surface area contributed by atoms with Crippen molar-refractivity contribution in [3.05, 3.63) is 170 Å². The molecule has 5 atom stereocenters. The topological polar surface area (TPSA) is 231 Å². The number of aliphatic hydroxyl groups is 2. The third-order valence-electron chi connectivity index (χ3n) is 18.4. The monoisotopic (exact) mass is 1620 g/mol. The molecule has 16 nitrogen and oxygen atoms in total. The lowest BCUT2D eigenvalue weighted by molar-refractivity contribution is -0.161. The third-order valence-corrected chi connectivity index (χ3v) is 20.3. The van der Waals surface area contributed by atoms with Crippen LogP contribution in [0, 0.1) is 0 Å². The van der Waals surface area contributed by atoms with Gasteiger partial charge in [-0.2, -0.15) is 0 Å². The van der Waals surface area contributed by atoms with E-state index in [1.807, 2.05) is 0 Å². The van der Waals surface area contributed by atoms with Gasteiger partial charge in [-0.15, -0.1) is 0 Å². The number of hydrogen-bond acceptors (Lipinski definition) is 14. The van der Waals surface area contributed by atoms with Gasteiger partial charge in [0.25, 0.3) is 0 Å². The molecule has 0 aromatic heterocycles. The Balaban J connectivity index is 4.56. The predicted molar refractivity (Wildman–Crippen MR) is 472 cm³/mol. The molecular formula is C95H160O16P2. The summed E-state index contributed by atoms with van der Waals surface area (Å²) in [6.07, 6.45) is 111. The van der Waals surface area contributed by atoms with Crippen LogP contribution in [0.1, 0.15) is 355 Å². The molecule has 0 aromatic carbocycles. The molecular weight excluding hydrogens is 1460 g/mol. The second kappa shape index (κ2) is 86.3. The van der Waals surface area contributed by atoms with E-state index in [1.54, 1.807) is 0 Å². The van der Waals surface area contributed by atoms with Crippen molar-refractivity contribution in [2.75, 3.05) is 39.6 Å². The number of carbonyl (C=O) groups excluding carboxylic acids is 3. The van der Waals surface area contributed by atoms with E-state index in [1.165, 1.54) is 109 Å². The maximum atomic E-state index is 13.0. The normalized spacial score (nSPS) is 14.6. The minimum absolute atomic E-state index is 0.0817. The smallest absolute Gasteiger partial charge is 0.463 e. The lowest BCUT2D eigenvalue weighted by atomic mass is 10.0. The van der Waals surface area contributed by atoms with E-state index >= 15 is 0 Å². The zero-order valence-corrected chi connectivity index (χ0v) is 72.8. The number of hydrogen-bond donors (Lipinski definition) is 4. The first-order valence-electron chi connectivity index (χ1n) is 44.4. The average Bonchev–Trinajstić information content (AvgIpc) is 0.913. The number of carbonyl (C=O) groups is 3. The Bertz CT molecular complexity index is 2730. The highest BCUT2D eigenvalue weighted by molar-refractivity contribution is 7.47. The number of ether oxygens (including phenoxy) is 3. The van der Waals surface area contributed by atoms with Gasteiger partial charge in [0, 0.05) is 19.3 Å². The molecule has 0 aliphatic heterocycles. The predicted octanol–water partition coefficient (Wildman–Crippen LogP) is 27.1. The fourth-order valence-corrected chi connectivity index (χ4v) is 13.3. The molecule has 0 saturated heterocycles. The molecule has 5 unspecified atom stereocenters. The van der Waals surface area contributed by atoms with Crippen LogP contribution in [0.5, 0.6) is 0 Å². The fourth-order valence-electron chi connectivity index (χ4n) is 11.7. The van der Waals surface area contributed by atoms with E-state index in [0.717, 1.165) is 186 Å². The van der Waals surface area contributed by atoms with Crippen molar-refractivity contribution in [3.63, 3.8) is 0 Å². The maximum Gasteiger partial charge on any atom is 0.472 e. The summed E-state index contributed by atoms with van der Waals surface area (Å²) in [5.41, 5.74) is 0. The molecule has 0 spiro atoms. The molecule has 0 bridgehead atoms. The third kappa shape index (κ3) is 87.6. The van der Waals surface area contributed by atoms with Crippen molar-refractivity contribution in [1.82, 2.24) is 0 Å². The summed E-state index contributed by atoms with van der Waals surface area (Å²) < 4.78 is 61.4. The number of phosphoric ester groups is 2. The Labute approximate surface area is 688 Å². The second-order valence-electron chi connectivity index (χ2n) is 29.3. The molecule has 0 rings (SSSR count). The highest BCUT2D eigenvalue weighted by Gasteiger charge is 2.29. The van der Waals surface area contributed by atoms with Crippen LogP contribution in [0.2, 0.25) is 0 Å². The number of aliphatic hydroxyl groups excluding tert-OH is 2. The highest BCUT2D eigenvalue weighted by atomic mass is 31.2. The summed E-state index contributed by atoms with van der Waals surface area (Å²) >= 11 is 0. The van der Waals surface area contributed by atoms with Crippen LogP contribution in [-0.2, 0) is 55.8 Å². The van der Waals surface area contributed by atoms with Crippen molar-refractivity contribution in [2.24, 2.45) is 0 Å². The van der Waals surface area contributed by atoms with Crippen molar-refractivity contribution in [3.8, 4) is 0 Å². The fraction of sp³-hybridized carbons (Fsp3) is 0.674. The van der Waals surface area contributed by atoms with Gasteiger partial charge in [0.2, 0.25) is 0 Å². The van der Waals surface area contributed by atoms with Crippen LogP contribution in [0.4, 0.5) is 0 Å². The summed E-state index contributed by atoms with van der Waals surface area (Å²) in [4.78, 5) is 58.9. The number of esters is 3. The van der Waals surface area contributed by atoms with Gasteiger partial charge in [0.15, 0.2) is 6.10 Å². The minimum Gasteiger partial charge on any atom is -0.463 e. The van der Waals surface area contributed by atoms with Gasteiger partial charge in [-0.25, -0.2) is 9.13 Å². The molecule has 0 amide bonds. The summed E-state index contributed by atoms with van der Waals surface area (Å²) in [5.74, 6) is -1.60. The van der Waals surface area contributed by atoms with Gasteiger partial charge in [0.05, 0.1) is 26.4 Å². The molecule has 113 heavy (non-hydrogen) atoms. The summed E-state index contributed by atoms with van der Waals surface area (Å²) in [6.45, 7) is 2.42. The SMILES string of the molecule is CC/C=C\C/C=C\C/C=C\C/C=C\C/C=C\C/C=C\CCCCCCCCC(=O)OCC(COP(=O)(O)OCC(O)COP(=O)(O)OCC(O)COC(=O)CCCCCCCCCCCCCCCCCCC/C=C\C/C=C\C/C=C\C/C=C\C/C=C\CC)OC(=O)CCCCCCCC/C=C\C/C=C\C/C=C\CCCCC. The first kappa shape index (κ1) is 108. The largest absolute Gasteiger partial charge is 0.472 e. The zero-order chi connectivity index (χ0) is 82.2. The molecule has 0 radical (unpaired) electrons. The van der Waals surface area contributed by atoms with Gasteiger partial charge in [-0.1, -0.05) is 351 Å². The molecule has 646 valence electrons. The van der Waals surface area contributed by atoms with Crippen LogP contribution >= 0.6 is 15.6 Å². The Morgan fingerprint density at radius 3 is 0.743 bits per heavy atom. The van der Waals surface area contributed by atoms with Gasteiger partial charge in [0.1, 0.15) is 25.4 Å². The first-order valence-corrected chi connectivity index (χ1v) is 47.4. The molecule has 4 N–H and O–H groups in total. The van der Waals surface area contributed by atoms with Gasteiger partial charge in [-0.05, 0) is 154 Å². The van der Waals surface area contributed by atoms with Gasteiger partial charge in [-0.3, -0.25) is 32.5 Å². The van der Waals surface area contributed by atoms with Crippen LogP contribution in [-0.4, -0.2) is 95.9 Å². The van der Waals surface area contributed by atoms with Crippen LogP contribution in [0.25, 0.3) is 0 Å². The first-order chi connectivity index (χ1) is 55.2. The molecule has 0 fully saturated rings.